The first-order valence-electron chi connectivity index (χ1n) is 6.25. The first-order chi connectivity index (χ1) is 9.70. The molecule has 0 radical (unpaired) electrons. The van der Waals surface area contributed by atoms with Crippen LogP contribution in [-0.2, 0) is 0 Å². The van der Waals surface area contributed by atoms with Gasteiger partial charge in [0.2, 0.25) is 0 Å². The topological polar surface area (TPSA) is 68.1 Å². The molecule has 2 aromatic carbocycles. The van der Waals surface area contributed by atoms with Crippen molar-refractivity contribution in [2.45, 2.75) is 0 Å². The van der Waals surface area contributed by atoms with Gasteiger partial charge >= 0.3 is 0 Å². The number of nitrogen functional groups attached to an aromatic ring is 1. The number of hydrogen-bond acceptors (Lipinski definition) is 3. The monoisotopic (exact) mass is 266 g/mol. The number of aromatic nitrogens is 1. The molecule has 3 rings (SSSR count). The van der Waals surface area contributed by atoms with Crippen LogP contribution in [0.1, 0.15) is 0 Å². The van der Waals surface area contributed by atoms with Crippen molar-refractivity contribution in [1.29, 1.82) is 0 Å². The highest BCUT2D eigenvalue weighted by molar-refractivity contribution is 5.98. The first kappa shape index (κ1) is 12.3. The zero-order valence-corrected chi connectivity index (χ0v) is 11.0. The van der Waals surface area contributed by atoms with Gasteiger partial charge in [0.1, 0.15) is 5.75 Å². The molecule has 4 nitrogen and oxygen atoms in total. The first-order valence-corrected chi connectivity index (χ1v) is 6.25. The van der Waals surface area contributed by atoms with Gasteiger partial charge in [-0.15, -0.1) is 0 Å². The minimum Gasteiger partial charge on any atom is -0.497 e. The summed E-state index contributed by atoms with van der Waals surface area (Å²) in [5.41, 5.74) is 8.12. The van der Waals surface area contributed by atoms with Gasteiger partial charge in [0.15, 0.2) is 0 Å². The van der Waals surface area contributed by atoms with E-state index in [9.17, 15) is 4.79 Å². The van der Waals surface area contributed by atoms with Gasteiger partial charge in [-0.1, -0.05) is 30.3 Å². The number of aromatic amines is 1. The van der Waals surface area contributed by atoms with E-state index in [1.165, 1.54) is 0 Å². The Labute approximate surface area is 115 Å². The average molecular weight is 266 g/mol. The van der Waals surface area contributed by atoms with Crippen LogP contribution in [0, 0.1) is 0 Å². The lowest BCUT2D eigenvalue weighted by Gasteiger charge is -2.10. The quantitative estimate of drug-likeness (QED) is 0.749. The molecule has 0 bridgehead atoms. The van der Waals surface area contributed by atoms with E-state index in [-0.39, 0.29) is 5.56 Å². The summed E-state index contributed by atoms with van der Waals surface area (Å²) in [7, 11) is 1.57. The Morgan fingerprint density at radius 2 is 1.80 bits per heavy atom. The zero-order chi connectivity index (χ0) is 14.1. The highest BCUT2D eigenvalue weighted by Gasteiger charge is 2.11. The number of pyridine rings is 1. The number of nitrogens with two attached hydrogens (primary N) is 1. The van der Waals surface area contributed by atoms with Crippen LogP contribution in [0.2, 0.25) is 0 Å². The maximum Gasteiger partial charge on any atom is 0.256 e. The van der Waals surface area contributed by atoms with Gasteiger partial charge < -0.3 is 15.5 Å². The largest absolute Gasteiger partial charge is 0.497 e. The molecular weight excluding hydrogens is 252 g/mol. The van der Waals surface area contributed by atoms with Crippen molar-refractivity contribution >= 4 is 16.5 Å². The third kappa shape index (κ3) is 1.91. The summed E-state index contributed by atoms with van der Waals surface area (Å²) in [6.45, 7) is 0. The lowest BCUT2D eigenvalue weighted by atomic mass is 10.0. The number of hydrogen-bond donors (Lipinski definition) is 2. The van der Waals surface area contributed by atoms with Gasteiger partial charge in [-0.25, -0.2) is 0 Å². The highest BCUT2D eigenvalue weighted by Crippen LogP contribution is 2.29. The maximum absolute atomic E-state index is 12.2. The molecule has 0 saturated heterocycles. The van der Waals surface area contributed by atoms with Crippen molar-refractivity contribution in [1.82, 2.24) is 4.98 Å². The Kier molecular flexibility index (Phi) is 2.91. The smallest absolute Gasteiger partial charge is 0.256 e. The second-order valence-corrected chi connectivity index (χ2v) is 4.52. The van der Waals surface area contributed by atoms with E-state index in [2.05, 4.69) is 4.98 Å². The number of ether oxygens (including phenoxy) is 1. The van der Waals surface area contributed by atoms with Crippen molar-refractivity contribution in [2.24, 2.45) is 0 Å². The van der Waals surface area contributed by atoms with E-state index in [0.29, 0.717) is 22.5 Å². The molecule has 0 unspecified atom stereocenters. The van der Waals surface area contributed by atoms with Crippen molar-refractivity contribution in [3.8, 4) is 17.0 Å². The summed E-state index contributed by atoms with van der Waals surface area (Å²) < 4.78 is 5.14. The fourth-order valence-electron chi connectivity index (χ4n) is 2.29. The summed E-state index contributed by atoms with van der Waals surface area (Å²) in [6.07, 6.45) is 0. The van der Waals surface area contributed by atoms with E-state index < -0.39 is 0 Å². The Morgan fingerprint density at radius 1 is 1.05 bits per heavy atom. The molecule has 100 valence electrons. The van der Waals surface area contributed by atoms with Gasteiger partial charge in [-0.05, 0) is 18.2 Å². The van der Waals surface area contributed by atoms with E-state index in [1.54, 1.807) is 19.2 Å². The molecule has 3 aromatic rings. The number of benzene rings is 2. The summed E-state index contributed by atoms with van der Waals surface area (Å²) in [5.74, 6) is 0.634. The second-order valence-electron chi connectivity index (χ2n) is 4.52. The molecule has 20 heavy (non-hydrogen) atoms. The van der Waals surface area contributed by atoms with Crippen LogP contribution >= 0.6 is 0 Å². The maximum atomic E-state index is 12.2. The molecule has 4 heteroatoms. The van der Waals surface area contributed by atoms with Crippen LogP contribution in [0.4, 0.5) is 5.69 Å². The highest BCUT2D eigenvalue weighted by atomic mass is 16.5. The lowest BCUT2D eigenvalue weighted by Crippen LogP contribution is -2.10. The van der Waals surface area contributed by atoms with Crippen molar-refractivity contribution in [3.05, 3.63) is 58.9 Å². The molecule has 0 aliphatic heterocycles. The minimum atomic E-state index is -0.174. The number of rotatable bonds is 2. The molecule has 0 atom stereocenters. The van der Waals surface area contributed by atoms with E-state index >= 15 is 0 Å². The number of methoxy groups -OCH3 is 1. The standard InChI is InChI=1S/C16H14N2O2/c1-20-11-7-8-12-13(9-11)16(19)18-15(14(12)17)10-5-3-2-4-6-10/h2-9H,17H2,1H3,(H,18,19). The van der Waals surface area contributed by atoms with Crippen molar-refractivity contribution < 1.29 is 4.74 Å². The van der Waals surface area contributed by atoms with Gasteiger partial charge in [-0.3, -0.25) is 4.79 Å². The second kappa shape index (κ2) is 4.74. The predicted octanol–water partition coefficient (Wildman–Crippen LogP) is 2.79. The summed E-state index contributed by atoms with van der Waals surface area (Å²) in [6, 6.07) is 14.9. The molecule has 0 spiro atoms. The summed E-state index contributed by atoms with van der Waals surface area (Å²) >= 11 is 0. The van der Waals surface area contributed by atoms with E-state index in [0.717, 1.165) is 10.9 Å². The Hall–Kier alpha value is -2.75. The Balaban J connectivity index is 2.33. The summed E-state index contributed by atoms with van der Waals surface area (Å²) in [4.78, 5) is 15.1. The molecule has 0 aliphatic carbocycles. The molecule has 3 N–H and O–H groups in total. The van der Waals surface area contributed by atoms with Crippen molar-refractivity contribution in [2.75, 3.05) is 12.8 Å². The van der Waals surface area contributed by atoms with Gasteiger partial charge in [0.25, 0.3) is 5.56 Å². The van der Waals surface area contributed by atoms with Gasteiger partial charge in [0, 0.05) is 10.9 Å². The molecule has 0 aliphatic rings. The molecular formula is C16H14N2O2. The normalized spacial score (nSPS) is 10.7. The average Bonchev–Trinajstić information content (AvgIpc) is 2.51. The van der Waals surface area contributed by atoms with E-state index in [4.69, 9.17) is 10.5 Å². The Bertz CT molecular complexity index is 823. The van der Waals surface area contributed by atoms with Gasteiger partial charge in [-0.2, -0.15) is 0 Å². The van der Waals surface area contributed by atoms with Crippen LogP contribution in [-0.4, -0.2) is 12.1 Å². The summed E-state index contributed by atoms with van der Waals surface area (Å²) in [5, 5.41) is 1.26. The molecule has 0 saturated carbocycles. The van der Waals surface area contributed by atoms with Crippen LogP contribution in [0.15, 0.2) is 53.3 Å². The zero-order valence-electron chi connectivity index (χ0n) is 11.0. The number of anilines is 1. The predicted molar refractivity (Wildman–Crippen MR) is 81.0 cm³/mol. The van der Waals surface area contributed by atoms with Crippen molar-refractivity contribution in [3.63, 3.8) is 0 Å². The van der Waals surface area contributed by atoms with Crippen LogP contribution < -0.4 is 16.0 Å². The van der Waals surface area contributed by atoms with Gasteiger partial charge in [0.05, 0.1) is 23.9 Å². The van der Waals surface area contributed by atoms with Crippen LogP contribution in [0.25, 0.3) is 22.0 Å². The fraction of sp³-hybridized carbons (Fsp3) is 0.0625. The third-order valence-electron chi connectivity index (χ3n) is 3.33. The fourth-order valence-corrected chi connectivity index (χ4v) is 2.29. The third-order valence-corrected chi connectivity index (χ3v) is 3.33. The van der Waals surface area contributed by atoms with Crippen LogP contribution in [0.3, 0.4) is 0 Å². The number of nitrogens with one attached hydrogen (secondary N) is 1. The van der Waals surface area contributed by atoms with Crippen LogP contribution in [0.5, 0.6) is 5.75 Å². The molecule has 0 amide bonds. The lowest BCUT2D eigenvalue weighted by molar-refractivity contribution is 0.415. The molecule has 1 heterocycles. The number of fused-ring (bicyclic) bond motifs is 1. The number of H-pyrrole nitrogens is 1. The molecule has 0 fully saturated rings. The molecule has 1 aromatic heterocycles. The Morgan fingerprint density at radius 3 is 2.50 bits per heavy atom. The SMILES string of the molecule is COc1ccc2c(N)c(-c3ccccc3)[nH]c(=O)c2c1. The van der Waals surface area contributed by atoms with E-state index in [1.807, 2.05) is 36.4 Å². The minimum absolute atomic E-state index is 0.174.